The number of ether oxygens (including phenoxy) is 4. The van der Waals surface area contributed by atoms with Crippen molar-refractivity contribution in [2.24, 2.45) is 17.1 Å². The van der Waals surface area contributed by atoms with Crippen molar-refractivity contribution in [2.45, 2.75) is 149 Å². The summed E-state index contributed by atoms with van der Waals surface area (Å²) in [6, 6.07) is 0. The normalized spacial score (nSPS) is 26.4. The van der Waals surface area contributed by atoms with Gasteiger partial charge in [0.25, 0.3) is 0 Å². The minimum Gasteiger partial charge on any atom is -0.465 e. The second-order valence-electron chi connectivity index (χ2n) is 14.7. The van der Waals surface area contributed by atoms with E-state index >= 15 is 0 Å². The van der Waals surface area contributed by atoms with Gasteiger partial charge in [-0.3, -0.25) is 4.79 Å². The second-order valence-corrected chi connectivity index (χ2v) is 19.5. The van der Waals surface area contributed by atoms with Crippen LogP contribution in [0.3, 0.4) is 0 Å². The van der Waals surface area contributed by atoms with Crippen LogP contribution in [0.2, 0.25) is 18.1 Å². The lowest BCUT2D eigenvalue weighted by atomic mass is 9.84. The van der Waals surface area contributed by atoms with E-state index in [9.17, 15) is 9.59 Å². The highest BCUT2D eigenvalue weighted by Gasteiger charge is 2.54. The summed E-state index contributed by atoms with van der Waals surface area (Å²) in [7, 11) is -2.02. The molecule has 0 bridgehead atoms. The highest BCUT2D eigenvalue weighted by molar-refractivity contribution is 6.74. The van der Waals surface area contributed by atoms with Crippen LogP contribution in [0.15, 0.2) is 11.8 Å². The van der Waals surface area contributed by atoms with Crippen molar-refractivity contribution < 1.29 is 33.0 Å². The quantitative estimate of drug-likeness (QED) is 0.102. The molecule has 2 fully saturated rings. The highest BCUT2D eigenvalue weighted by Crippen LogP contribution is 2.46. The predicted octanol–water partition coefficient (Wildman–Crippen LogP) is 6.67. The van der Waals surface area contributed by atoms with Crippen molar-refractivity contribution in [3.05, 3.63) is 11.8 Å². The van der Waals surface area contributed by atoms with Crippen LogP contribution < -0.4 is 5.73 Å². The zero-order valence-electron chi connectivity index (χ0n) is 27.6. The van der Waals surface area contributed by atoms with Gasteiger partial charge in [0.15, 0.2) is 8.32 Å². The molecule has 0 unspecified atom stereocenters. The molecular formula is C32H59NO7Si. The summed E-state index contributed by atoms with van der Waals surface area (Å²) in [5, 5.41) is 0.0858. The average Bonchev–Trinajstić information content (AvgIpc) is 3.22. The number of hydrogen-bond donors (Lipinski definition) is 1. The molecule has 2 aliphatic heterocycles. The van der Waals surface area contributed by atoms with Gasteiger partial charge in [0.05, 0.1) is 43.5 Å². The molecule has 8 nitrogen and oxygen atoms in total. The fourth-order valence-electron chi connectivity index (χ4n) is 5.01. The van der Waals surface area contributed by atoms with Gasteiger partial charge < -0.3 is 29.1 Å². The van der Waals surface area contributed by atoms with Crippen LogP contribution in [0.25, 0.3) is 0 Å². The van der Waals surface area contributed by atoms with Crippen LogP contribution in [-0.4, -0.2) is 64.0 Å². The van der Waals surface area contributed by atoms with E-state index in [-0.39, 0.29) is 41.2 Å². The average molecular weight is 598 g/mol. The van der Waals surface area contributed by atoms with Gasteiger partial charge in [-0.05, 0) is 83.3 Å². The Labute approximate surface area is 250 Å². The summed E-state index contributed by atoms with van der Waals surface area (Å²) in [6.45, 7) is 22.3. The van der Waals surface area contributed by atoms with Crippen LogP contribution in [0, 0.1) is 11.3 Å². The zero-order valence-corrected chi connectivity index (χ0v) is 28.6. The lowest BCUT2D eigenvalue weighted by Gasteiger charge is -2.45. The number of carbonyl (C=O) groups excluding carboxylic acids is 2. The van der Waals surface area contributed by atoms with Crippen molar-refractivity contribution in [3.63, 3.8) is 0 Å². The molecule has 0 radical (unpaired) electrons. The molecular weight excluding hydrogens is 538 g/mol. The maximum Gasteiger partial charge on any atom is 0.332 e. The third-order valence-corrected chi connectivity index (χ3v) is 13.4. The monoisotopic (exact) mass is 597 g/mol. The Morgan fingerprint density at radius 3 is 2.32 bits per heavy atom. The summed E-state index contributed by atoms with van der Waals surface area (Å²) in [4.78, 5) is 24.3. The molecule has 0 aliphatic carbocycles. The maximum atomic E-state index is 12.1. The van der Waals surface area contributed by atoms with E-state index in [1.807, 2.05) is 27.7 Å². The van der Waals surface area contributed by atoms with Gasteiger partial charge in [-0.25, -0.2) is 4.79 Å². The van der Waals surface area contributed by atoms with Gasteiger partial charge in [-0.1, -0.05) is 41.0 Å². The summed E-state index contributed by atoms with van der Waals surface area (Å²) in [5.74, 6) is -0.586. The zero-order chi connectivity index (χ0) is 31.1. The molecule has 0 aromatic carbocycles. The molecule has 2 heterocycles. The number of esters is 2. The molecule has 2 saturated heterocycles. The summed E-state index contributed by atoms with van der Waals surface area (Å²) >= 11 is 0. The van der Waals surface area contributed by atoms with Gasteiger partial charge >= 0.3 is 11.9 Å². The predicted molar refractivity (Wildman–Crippen MR) is 165 cm³/mol. The second kappa shape index (κ2) is 14.8. The molecule has 0 aromatic rings. The Hall–Kier alpha value is -1.42. The van der Waals surface area contributed by atoms with E-state index in [2.05, 4.69) is 40.8 Å². The van der Waals surface area contributed by atoms with Gasteiger partial charge in [-0.2, -0.15) is 0 Å². The van der Waals surface area contributed by atoms with Crippen LogP contribution >= 0.6 is 0 Å². The third-order valence-electron chi connectivity index (χ3n) is 8.88. The third kappa shape index (κ3) is 10.7. The first-order valence-electron chi connectivity index (χ1n) is 15.7. The lowest BCUT2D eigenvalue weighted by molar-refractivity contribution is -0.183. The summed E-state index contributed by atoms with van der Waals surface area (Å²) < 4.78 is 31.0. The number of unbranched alkanes of at least 4 members (excludes halogenated alkanes) is 1. The van der Waals surface area contributed by atoms with Gasteiger partial charge in [-0.15, -0.1) is 0 Å². The van der Waals surface area contributed by atoms with Gasteiger partial charge in [0, 0.05) is 18.2 Å². The van der Waals surface area contributed by atoms with E-state index in [1.54, 1.807) is 0 Å². The molecule has 2 aliphatic rings. The fraction of sp³-hybridized carbons (Fsp3) is 0.875. The van der Waals surface area contributed by atoms with Crippen molar-refractivity contribution in [2.75, 3.05) is 19.8 Å². The smallest absolute Gasteiger partial charge is 0.332 e. The first-order valence-corrected chi connectivity index (χ1v) is 18.6. The number of allylic oxidation sites excluding steroid dienone is 1. The topological polar surface area (TPSA) is 106 Å². The summed E-state index contributed by atoms with van der Waals surface area (Å²) in [5.41, 5.74) is 5.80. The standard InChI is InChI=1S/C32H59NO7Si/c1-11-12-17-36-28(34)20-26(33)23(2)19-24-15-16-27-32(40-24,22-38-41(9,10)31(6,7)8)21-25(39-27)14-13-18-37-29(35)30(3,4)5/h20,23-25,27H,11-19,21-22,33H2,1-10H3/b26-20-/t23-,24-,25+,27+,32-/m1/s1. The Balaban J connectivity index is 2.08. The Kier molecular flexibility index (Phi) is 13.0. The van der Waals surface area contributed by atoms with E-state index in [4.69, 9.17) is 29.1 Å². The molecule has 238 valence electrons. The largest absolute Gasteiger partial charge is 0.465 e. The van der Waals surface area contributed by atoms with Crippen molar-refractivity contribution in [1.29, 1.82) is 0 Å². The lowest BCUT2D eigenvalue weighted by Crippen LogP contribution is -2.55. The van der Waals surface area contributed by atoms with E-state index in [1.165, 1.54) is 6.08 Å². The van der Waals surface area contributed by atoms with Gasteiger partial charge in [0.2, 0.25) is 0 Å². The first kappa shape index (κ1) is 35.8. The van der Waals surface area contributed by atoms with E-state index < -0.39 is 19.3 Å². The Morgan fingerprint density at radius 1 is 1.05 bits per heavy atom. The van der Waals surface area contributed by atoms with Crippen molar-refractivity contribution in [1.82, 2.24) is 0 Å². The Morgan fingerprint density at radius 2 is 1.71 bits per heavy atom. The van der Waals surface area contributed by atoms with Crippen LogP contribution in [0.5, 0.6) is 0 Å². The first-order chi connectivity index (χ1) is 18.9. The maximum absolute atomic E-state index is 12.1. The van der Waals surface area contributed by atoms with E-state index in [0.29, 0.717) is 31.9 Å². The van der Waals surface area contributed by atoms with Crippen molar-refractivity contribution in [3.8, 4) is 0 Å². The Bertz CT molecular complexity index is 891. The molecule has 2 N–H and O–H groups in total. The molecule has 41 heavy (non-hydrogen) atoms. The van der Waals surface area contributed by atoms with Crippen LogP contribution in [0.1, 0.15) is 107 Å². The minimum absolute atomic E-state index is 0.0117. The molecule has 0 saturated carbocycles. The number of nitrogens with two attached hydrogens (primary N) is 1. The van der Waals surface area contributed by atoms with Crippen LogP contribution in [0.4, 0.5) is 0 Å². The van der Waals surface area contributed by atoms with Crippen molar-refractivity contribution >= 4 is 20.3 Å². The highest BCUT2D eigenvalue weighted by atomic mass is 28.4. The number of rotatable bonds is 14. The summed E-state index contributed by atoms with van der Waals surface area (Å²) in [6.07, 6.45) is 7.97. The molecule has 0 amide bonds. The minimum atomic E-state index is -2.02. The van der Waals surface area contributed by atoms with E-state index in [0.717, 1.165) is 44.9 Å². The number of fused-ring (bicyclic) bond motifs is 1. The van der Waals surface area contributed by atoms with Crippen LogP contribution in [-0.2, 0) is 33.0 Å². The molecule has 5 atom stereocenters. The number of carbonyl (C=O) groups is 2. The van der Waals surface area contributed by atoms with Gasteiger partial charge in [0.1, 0.15) is 5.60 Å². The number of hydrogen-bond acceptors (Lipinski definition) is 8. The fourth-order valence-corrected chi connectivity index (χ4v) is 6.04. The molecule has 0 aromatic heterocycles. The molecule has 9 heteroatoms. The SMILES string of the molecule is CCCCOC(=O)/C=C(\N)[C@H](C)C[C@H]1CC[C@@H]2O[C@@H](CCCOC(=O)C(C)(C)C)C[C@]2(CO[Si](C)(C)C(C)(C)C)O1. The molecule has 2 rings (SSSR count). The molecule has 0 spiro atoms.